The minimum absolute atomic E-state index is 0.506. The Morgan fingerprint density at radius 2 is 2.08 bits per heavy atom. The van der Waals surface area contributed by atoms with Crippen LogP contribution in [-0.2, 0) is 0 Å². The van der Waals surface area contributed by atoms with Crippen LogP contribution in [0.15, 0.2) is 0 Å². The zero-order valence-electron chi connectivity index (χ0n) is 7.56. The molecule has 0 saturated heterocycles. The van der Waals surface area contributed by atoms with E-state index in [1.54, 1.807) is 0 Å². The smallest absolute Gasteiger partial charge is 0.0239 e. The molecule has 0 spiro atoms. The molecule has 1 fully saturated rings. The van der Waals surface area contributed by atoms with E-state index in [2.05, 4.69) is 5.43 Å². The van der Waals surface area contributed by atoms with Crippen LogP contribution >= 0.6 is 11.6 Å². The van der Waals surface area contributed by atoms with Crippen molar-refractivity contribution in [2.45, 2.75) is 44.6 Å². The van der Waals surface area contributed by atoms with Crippen molar-refractivity contribution >= 4 is 11.6 Å². The summed E-state index contributed by atoms with van der Waals surface area (Å²) in [7, 11) is 0. The Balaban J connectivity index is 2.22. The summed E-state index contributed by atoms with van der Waals surface area (Å²) in [5.41, 5.74) is 2.92. The van der Waals surface area contributed by atoms with E-state index >= 15 is 0 Å². The van der Waals surface area contributed by atoms with Crippen LogP contribution in [0.2, 0.25) is 0 Å². The van der Waals surface area contributed by atoms with Gasteiger partial charge in [-0.05, 0) is 31.6 Å². The van der Waals surface area contributed by atoms with Gasteiger partial charge in [0, 0.05) is 11.9 Å². The van der Waals surface area contributed by atoms with Crippen LogP contribution in [0.25, 0.3) is 0 Å². The van der Waals surface area contributed by atoms with Gasteiger partial charge < -0.3 is 0 Å². The lowest BCUT2D eigenvalue weighted by Gasteiger charge is -2.21. The second-order valence-corrected chi connectivity index (χ2v) is 4.03. The standard InChI is InChI=1S/C9H19ClN2/c10-7-3-6-9(12-11)8-4-1-2-5-8/h8-9,12H,1-7,11H2. The summed E-state index contributed by atoms with van der Waals surface area (Å²) >= 11 is 5.64. The van der Waals surface area contributed by atoms with Crippen LogP contribution < -0.4 is 11.3 Å². The van der Waals surface area contributed by atoms with Gasteiger partial charge in [-0.25, -0.2) is 0 Å². The number of nitrogens with two attached hydrogens (primary N) is 1. The molecule has 1 unspecified atom stereocenters. The van der Waals surface area contributed by atoms with Crippen molar-refractivity contribution in [3.63, 3.8) is 0 Å². The largest absolute Gasteiger partial charge is 0.271 e. The summed E-state index contributed by atoms with van der Waals surface area (Å²) in [6, 6.07) is 0.506. The van der Waals surface area contributed by atoms with Gasteiger partial charge in [0.25, 0.3) is 0 Å². The molecule has 0 radical (unpaired) electrons. The average Bonchev–Trinajstić information content (AvgIpc) is 2.59. The molecule has 0 aromatic heterocycles. The SMILES string of the molecule is NNC(CCCCl)C1CCCC1. The quantitative estimate of drug-likeness (QED) is 0.396. The van der Waals surface area contributed by atoms with Crippen LogP contribution in [0.3, 0.4) is 0 Å². The molecule has 12 heavy (non-hydrogen) atoms. The molecule has 1 aliphatic carbocycles. The number of hydrogen-bond donors (Lipinski definition) is 2. The van der Waals surface area contributed by atoms with Crippen molar-refractivity contribution in [2.24, 2.45) is 11.8 Å². The number of rotatable bonds is 5. The minimum atomic E-state index is 0.506. The molecule has 0 bridgehead atoms. The molecule has 0 amide bonds. The first-order valence-electron chi connectivity index (χ1n) is 4.90. The second-order valence-electron chi connectivity index (χ2n) is 3.65. The topological polar surface area (TPSA) is 38.0 Å². The highest BCUT2D eigenvalue weighted by Gasteiger charge is 2.23. The third-order valence-electron chi connectivity index (χ3n) is 2.83. The van der Waals surface area contributed by atoms with Crippen molar-refractivity contribution in [3.8, 4) is 0 Å². The highest BCUT2D eigenvalue weighted by Crippen LogP contribution is 2.29. The predicted octanol–water partition coefficient (Wildman–Crippen LogP) is 2.03. The maximum atomic E-state index is 5.64. The van der Waals surface area contributed by atoms with Crippen LogP contribution in [0.5, 0.6) is 0 Å². The Kier molecular flexibility index (Phi) is 4.96. The summed E-state index contributed by atoms with van der Waals surface area (Å²) in [6.45, 7) is 0. The molecule has 72 valence electrons. The fraction of sp³-hybridized carbons (Fsp3) is 1.00. The van der Waals surface area contributed by atoms with E-state index in [0.29, 0.717) is 6.04 Å². The molecule has 1 rings (SSSR count). The maximum absolute atomic E-state index is 5.64. The summed E-state index contributed by atoms with van der Waals surface area (Å²) in [4.78, 5) is 0. The summed E-state index contributed by atoms with van der Waals surface area (Å²) in [6.07, 6.45) is 7.65. The maximum Gasteiger partial charge on any atom is 0.0239 e. The van der Waals surface area contributed by atoms with E-state index in [1.165, 1.54) is 25.7 Å². The molecular weight excluding hydrogens is 172 g/mol. The normalized spacial score (nSPS) is 21.5. The highest BCUT2D eigenvalue weighted by atomic mass is 35.5. The molecule has 1 atom stereocenters. The predicted molar refractivity (Wildman–Crippen MR) is 53.0 cm³/mol. The number of halogens is 1. The average molecular weight is 191 g/mol. The first kappa shape index (κ1) is 10.3. The Bertz CT molecular complexity index is 113. The van der Waals surface area contributed by atoms with Crippen molar-refractivity contribution in [1.29, 1.82) is 0 Å². The molecule has 1 aliphatic rings. The van der Waals surface area contributed by atoms with Crippen molar-refractivity contribution < 1.29 is 0 Å². The fourth-order valence-corrected chi connectivity index (χ4v) is 2.27. The first-order chi connectivity index (χ1) is 5.88. The molecule has 0 aromatic rings. The van der Waals surface area contributed by atoms with Crippen molar-refractivity contribution in [3.05, 3.63) is 0 Å². The molecule has 0 heterocycles. The van der Waals surface area contributed by atoms with Gasteiger partial charge in [0.1, 0.15) is 0 Å². The van der Waals surface area contributed by atoms with Crippen LogP contribution in [0.1, 0.15) is 38.5 Å². The number of alkyl halides is 1. The van der Waals surface area contributed by atoms with Crippen molar-refractivity contribution in [2.75, 3.05) is 5.88 Å². The van der Waals surface area contributed by atoms with Gasteiger partial charge in [-0.2, -0.15) is 0 Å². The summed E-state index contributed by atoms with van der Waals surface area (Å²) < 4.78 is 0. The molecular formula is C9H19ClN2. The molecule has 0 aliphatic heterocycles. The van der Waals surface area contributed by atoms with E-state index in [4.69, 9.17) is 17.4 Å². The van der Waals surface area contributed by atoms with Crippen LogP contribution in [0.4, 0.5) is 0 Å². The lowest BCUT2D eigenvalue weighted by Crippen LogP contribution is -2.40. The van der Waals surface area contributed by atoms with Gasteiger partial charge >= 0.3 is 0 Å². The van der Waals surface area contributed by atoms with Crippen LogP contribution in [0, 0.1) is 5.92 Å². The van der Waals surface area contributed by atoms with E-state index in [-0.39, 0.29) is 0 Å². The fourth-order valence-electron chi connectivity index (χ4n) is 2.11. The monoisotopic (exact) mass is 190 g/mol. The van der Waals surface area contributed by atoms with Gasteiger partial charge in [-0.3, -0.25) is 11.3 Å². The third-order valence-corrected chi connectivity index (χ3v) is 3.10. The first-order valence-corrected chi connectivity index (χ1v) is 5.44. The molecule has 3 heteroatoms. The molecule has 1 saturated carbocycles. The number of nitrogens with one attached hydrogen (secondary N) is 1. The minimum Gasteiger partial charge on any atom is -0.271 e. The molecule has 2 nitrogen and oxygen atoms in total. The van der Waals surface area contributed by atoms with E-state index in [1.807, 2.05) is 0 Å². The Morgan fingerprint density at radius 3 is 2.58 bits per heavy atom. The zero-order valence-corrected chi connectivity index (χ0v) is 8.32. The Morgan fingerprint density at radius 1 is 1.42 bits per heavy atom. The lowest BCUT2D eigenvalue weighted by molar-refractivity contribution is 0.343. The highest BCUT2D eigenvalue weighted by molar-refractivity contribution is 6.17. The number of hydrazine groups is 1. The molecule has 3 N–H and O–H groups in total. The van der Waals surface area contributed by atoms with E-state index in [0.717, 1.165) is 24.6 Å². The third kappa shape index (κ3) is 2.92. The Labute approximate surface area is 79.8 Å². The van der Waals surface area contributed by atoms with E-state index < -0.39 is 0 Å². The van der Waals surface area contributed by atoms with Gasteiger partial charge in [-0.1, -0.05) is 12.8 Å². The summed E-state index contributed by atoms with van der Waals surface area (Å²) in [5.74, 6) is 7.06. The van der Waals surface area contributed by atoms with Gasteiger partial charge in [0.15, 0.2) is 0 Å². The summed E-state index contributed by atoms with van der Waals surface area (Å²) in [5, 5.41) is 0. The van der Waals surface area contributed by atoms with Crippen molar-refractivity contribution in [1.82, 2.24) is 5.43 Å². The molecule has 0 aromatic carbocycles. The number of hydrogen-bond acceptors (Lipinski definition) is 2. The lowest BCUT2D eigenvalue weighted by atomic mass is 9.95. The second kappa shape index (κ2) is 5.79. The van der Waals surface area contributed by atoms with E-state index in [9.17, 15) is 0 Å². The zero-order chi connectivity index (χ0) is 8.81. The van der Waals surface area contributed by atoms with Crippen LogP contribution in [-0.4, -0.2) is 11.9 Å². The van der Waals surface area contributed by atoms with Gasteiger partial charge in [-0.15, -0.1) is 11.6 Å². The Hall–Kier alpha value is 0.210. The van der Waals surface area contributed by atoms with Gasteiger partial charge in [0.2, 0.25) is 0 Å². The van der Waals surface area contributed by atoms with Gasteiger partial charge in [0.05, 0.1) is 0 Å².